The summed E-state index contributed by atoms with van der Waals surface area (Å²) in [4.78, 5) is 34.5. The van der Waals surface area contributed by atoms with Crippen LogP contribution < -0.4 is 10.6 Å². The van der Waals surface area contributed by atoms with E-state index < -0.39 is 18.4 Å². The lowest BCUT2D eigenvalue weighted by molar-refractivity contribution is -0.137. The van der Waals surface area contributed by atoms with E-state index >= 15 is 0 Å². The summed E-state index contributed by atoms with van der Waals surface area (Å²) < 4.78 is 5.15. The molecule has 8 nitrogen and oxygen atoms in total. The second kappa shape index (κ2) is 6.80. The van der Waals surface area contributed by atoms with E-state index in [-0.39, 0.29) is 18.6 Å². The molecular formula is C10H17N3O5. The summed E-state index contributed by atoms with van der Waals surface area (Å²) >= 11 is 0. The number of hydrogen-bond acceptors (Lipinski definition) is 4. The molecule has 0 aromatic heterocycles. The SMILES string of the molecule is CN(C(=O)NCC(=O)NCC(=O)O)C1CCOC1. The van der Waals surface area contributed by atoms with Crippen LogP contribution in [0.15, 0.2) is 0 Å². The number of rotatable bonds is 5. The zero-order valence-electron chi connectivity index (χ0n) is 10.1. The molecule has 1 heterocycles. The first-order chi connectivity index (χ1) is 8.50. The number of nitrogens with zero attached hydrogens (tertiary/aromatic N) is 1. The topological polar surface area (TPSA) is 108 Å². The van der Waals surface area contributed by atoms with Crippen molar-refractivity contribution in [3.05, 3.63) is 0 Å². The maximum atomic E-state index is 11.6. The quantitative estimate of drug-likeness (QED) is 0.564. The second-order valence-corrected chi connectivity index (χ2v) is 3.96. The van der Waals surface area contributed by atoms with E-state index in [1.54, 1.807) is 7.05 Å². The average molecular weight is 259 g/mol. The first kappa shape index (κ1) is 14.2. The molecular weight excluding hydrogens is 242 g/mol. The monoisotopic (exact) mass is 259 g/mol. The van der Waals surface area contributed by atoms with Gasteiger partial charge in [-0.15, -0.1) is 0 Å². The van der Waals surface area contributed by atoms with E-state index in [0.717, 1.165) is 6.42 Å². The van der Waals surface area contributed by atoms with E-state index in [1.807, 2.05) is 0 Å². The van der Waals surface area contributed by atoms with Crippen molar-refractivity contribution < 1.29 is 24.2 Å². The average Bonchev–Trinajstić information content (AvgIpc) is 2.86. The fourth-order valence-electron chi connectivity index (χ4n) is 1.51. The van der Waals surface area contributed by atoms with Crippen molar-refractivity contribution in [1.82, 2.24) is 15.5 Å². The number of aliphatic carboxylic acids is 1. The van der Waals surface area contributed by atoms with E-state index in [1.165, 1.54) is 4.90 Å². The van der Waals surface area contributed by atoms with Gasteiger partial charge in [0.1, 0.15) is 6.54 Å². The molecule has 0 aromatic rings. The van der Waals surface area contributed by atoms with Crippen LogP contribution in [0.2, 0.25) is 0 Å². The molecule has 1 unspecified atom stereocenters. The van der Waals surface area contributed by atoms with Crippen LogP contribution in [0.25, 0.3) is 0 Å². The van der Waals surface area contributed by atoms with Crippen molar-refractivity contribution in [2.75, 3.05) is 33.4 Å². The van der Waals surface area contributed by atoms with Gasteiger partial charge in [0.15, 0.2) is 0 Å². The van der Waals surface area contributed by atoms with E-state index in [2.05, 4.69) is 10.6 Å². The van der Waals surface area contributed by atoms with E-state index in [0.29, 0.717) is 13.2 Å². The van der Waals surface area contributed by atoms with Gasteiger partial charge in [-0.25, -0.2) is 4.79 Å². The van der Waals surface area contributed by atoms with Crippen molar-refractivity contribution >= 4 is 17.9 Å². The van der Waals surface area contributed by atoms with Gasteiger partial charge in [0.2, 0.25) is 5.91 Å². The third kappa shape index (κ3) is 4.58. The summed E-state index contributed by atoms with van der Waals surface area (Å²) in [5.74, 6) is -1.67. The summed E-state index contributed by atoms with van der Waals surface area (Å²) in [7, 11) is 1.63. The van der Waals surface area contributed by atoms with E-state index in [4.69, 9.17) is 9.84 Å². The third-order valence-corrected chi connectivity index (χ3v) is 2.61. The highest BCUT2D eigenvalue weighted by Gasteiger charge is 2.24. The summed E-state index contributed by atoms with van der Waals surface area (Å²) in [6.07, 6.45) is 0.773. The van der Waals surface area contributed by atoms with Gasteiger partial charge in [-0.1, -0.05) is 0 Å². The number of amides is 3. The minimum absolute atomic E-state index is 0.0204. The van der Waals surface area contributed by atoms with Crippen molar-refractivity contribution in [1.29, 1.82) is 0 Å². The molecule has 0 aromatic carbocycles. The Labute approximate surface area is 104 Å². The Bertz CT molecular complexity index is 327. The molecule has 0 saturated carbocycles. The zero-order valence-corrected chi connectivity index (χ0v) is 10.1. The molecule has 1 atom stereocenters. The van der Waals surface area contributed by atoms with Crippen LogP contribution in [0.4, 0.5) is 4.79 Å². The maximum absolute atomic E-state index is 11.6. The molecule has 1 aliphatic rings. The molecule has 0 aliphatic carbocycles. The van der Waals surface area contributed by atoms with Gasteiger partial charge in [-0.05, 0) is 6.42 Å². The summed E-state index contributed by atoms with van der Waals surface area (Å²) in [5.41, 5.74) is 0. The number of ether oxygens (including phenoxy) is 1. The number of hydrogen-bond donors (Lipinski definition) is 3. The Hall–Kier alpha value is -1.83. The molecule has 1 saturated heterocycles. The summed E-state index contributed by atoms with van der Waals surface area (Å²) in [6, 6.07) is -0.358. The molecule has 8 heteroatoms. The Morgan fingerprint density at radius 2 is 2.06 bits per heavy atom. The highest BCUT2D eigenvalue weighted by molar-refractivity contribution is 5.86. The zero-order chi connectivity index (χ0) is 13.5. The molecule has 0 spiro atoms. The van der Waals surface area contributed by atoms with E-state index in [9.17, 15) is 14.4 Å². The van der Waals surface area contributed by atoms with Gasteiger partial charge < -0.3 is 25.4 Å². The number of carboxylic acids is 1. The largest absolute Gasteiger partial charge is 0.480 e. The highest BCUT2D eigenvalue weighted by Crippen LogP contribution is 2.10. The van der Waals surface area contributed by atoms with Crippen LogP contribution >= 0.6 is 0 Å². The number of urea groups is 1. The van der Waals surface area contributed by atoms with Crippen LogP contribution in [0, 0.1) is 0 Å². The summed E-state index contributed by atoms with van der Waals surface area (Å²) in [6.45, 7) is 0.418. The number of carbonyl (C=O) groups is 3. The molecule has 3 amide bonds. The van der Waals surface area contributed by atoms with Crippen molar-refractivity contribution in [2.24, 2.45) is 0 Å². The number of nitrogens with one attached hydrogen (secondary N) is 2. The Balaban J connectivity index is 2.23. The van der Waals surface area contributed by atoms with Gasteiger partial charge in [0, 0.05) is 13.7 Å². The number of carbonyl (C=O) groups excluding carboxylic acids is 2. The van der Waals surface area contributed by atoms with Gasteiger partial charge in [-0.2, -0.15) is 0 Å². The summed E-state index contributed by atoms with van der Waals surface area (Å²) in [5, 5.41) is 12.9. The first-order valence-corrected chi connectivity index (χ1v) is 5.57. The van der Waals surface area contributed by atoms with Gasteiger partial charge >= 0.3 is 12.0 Å². The molecule has 0 bridgehead atoms. The fourth-order valence-corrected chi connectivity index (χ4v) is 1.51. The first-order valence-electron chi connectivity index (χ1n) is 5.57. The minimum Gasteiger partial charge on any atom is -0.480 e. The molecule has 1 fully saturated rings. The van der Waals surface area contributed by atoms with Crippen molar-refractivity contribution in [3.63, 3.8) is 0 Å². The Morgan fingerprint density at radius 1 is 1.33 bits per heavy atom. The van der Waals surface area contributed by atoms with Crippen LogP contribution in [-0.2, 0) is 14.3 Å². The smallest absolute Gasteiger partial charge is 0.322 e. The molecule has 1 rings (SSSR count). The predicted octanol–water partition coefficient (Wildman–Crippen LogP) is -1.38. The molecule has 102 valence electrons. The fraction of sp³-hybridized carbons (Fsp3) is 0.700. The molecule has 1 aliphatic heterocycles. The highest BCUT2D eigenvalue weighted by atomic mass is 16.5. The van der Waals surface area contributed by atoms with Gasteiger partial charge in [0.05, 0.1) is 19.2 Å². The molecule has 3 N–H and O–H groups in total. The van der Waals surface area contributed by atoms with Crippen molar-refractivity contribution in [2.45, 2.75) is 12.5 Å². The second-order valence-electron chi connectivity index (χ2n) is 3.96. The normalized spacial score (nSPS) is 18.2. The molecule has 18 heavy (non-hydrogen) atoms. The van der Waals surface area contributed by atoms with Crippen LogP contribution in [-0.4, -0.2) is 67.3 Å². The standard InChI is InChI=1S/C10H17N3O5/c1-13(7-2-3-18-6-7)10(17)12-4-8(14)11-5-9(15)16/h7H,2-6H2,1H3,(H,11,14)(H,12,17)(H,15,16). The lowest BCUT2D eigenvalue weighted by Crippen LogP contribution is -2.47. The molecule has 0 radical (unpaired) electrons. The van der Waals surface area contributed by atoms with Crippen LogP contribution in [0.5, 0.6) is 0 Å². The number of carboxylic acid groups (broad SMARTS) is 1. The lowest BCUT2D eigenvalue weighted by atomic mass is 10.2. The Morgan fingerprint density at radius 3 is 2.61 bits per heavy atom. The van der Waals surface area contributed by atoms with Crippen LogP contribution in [0.3, 0.4) is 0 Å². The third-order valence-electron chi connectivity index (χ3n) is 2.61. The predicted molar refractivity (Wildman–Crippen MR) is 61.0 cm³/mol. The minimum atomic E-state index is -1.13. The maximum Gasteiger partial charge on any atom is 0.322 e. The van der Waals surface area contributed by atoms with Gasteiger partial charge in [-0.3, -0.25) is 9.59 Å². The Kier molecular flexibility index (Phi) is 5.37. The van der Waals surface area contributed by atoms with Crippen LogP contribution in [0.1, 0.15) is 6.42 Å². The van der Waals surface area contributed by atoms with Gasteiger partial charge in [0.25, 0.3) is 0 Å². The number of likely N-dealkylation sites (N-methyl/N-ethyl adjacent to an activating group) is 1. The lowest BCUT2D eigenvalue weighted by Gasteiger charge is -2.23. The van der Waals surface area contributed by atoms with Crippen molar-refractivity contribution in [3.8, 4) is 0 Å².